The van der Waals surface area contributed by atoms with Gasteiger partial charge >= 0.3 is 0 Å². The van der Waals surface area contributed by atoms with Gasteiger partial charge in [0.15, 0.2) is 0 Å². The summed E-state index contributed by atoms with van der Waals surface area (Å²) in [5.74, 6) is 0. The summed E-state index contributed by atoms with van der Waals surface area (Å²) >= 11 is 4.47. The van der Waals surface area contributed by atoms with Crippen LogP contribution in [-0.4, -0.2) is 21.5 Å². The van der Waals surface area contributed by atoms with E-state index in [1.165, 1.54) is 11.3 Å². The fraction of sp³-hybridized carbons (Fsp3) is 0.600. The SMILES string of the molecule is NCC1(CNS(=O)(=O)c2ccc(Br)s2)CCC1. The van der Waals surface area contributed by atoms with E-state index in [0.29, 0.717) is 17.3 Å². The number of hydrogen-bond acceptors (Lipinski definition) is 4. The van der Waals surface area contributed by atoms with Gasteiger partial charge in [0.05, 0.1) is 3.79 Å². The Kier molecular flexibility index (Phi) is 3.94. The second kappa shape index (κ2) is 4.97. The lowest BCUT2D eigenvalue weighted by molar-refractivity contribution is 0.150. The Morgan fingerprint density at radius 2 is 2.18 bits per heavy atom. The molecule has 3 N–H and O–H groups in total. The van der Waals surface area contributed by atoms with Gasteiger partial charge in [-0.15, -0.1) is 11.3 Å². The maximum Gasteiger partial charge on any atom is 0.250 e. The highest BCUT2D eigenvalue weighted by molar-refractivity contribution is 9.11. The molecule has 1 aromatic heterocycles. The number of nitrogens with one attached hydrogen (secondary N) is 1. The number of sulfonamides is 1. The first-order chi connectivity index (χ1) is 7.97. The summed E-state index contributed by atoms with van der Waals surface area (Å²) in [5.41, 5.74) is 5.69. The number of halogens is 1. The summed E-state index contributed by atoms with van der Waals surface area (Å²) in [4.78, 5) is 0. The third-order valence-corrected chi connectivity index (χ3v) is 6.81. The average Bonchev–Trinajstić information content (AvgIpc) is 2.64. The van der Waals surface area contributed by atoms with Crippen molar-refractivity contribution in [1.82, 2.24) is 4.72 Å². The van der Waals surface area contributed by atoms with Crippen LogP contribution in [0.4, 0.5) is 0 Å². The summed E-state index contributed by atoms with van der Waals surface area (Å²) in [6.45, 7) is 0.991. The normalized spacial score (nSPS) is 18.9. The molecule has 1 heterocycles. The minimum Gasteiger partial charge on any atom is -0.330 e. The lowest BCUT2D eigenvalue weighted by Gasteiger charge is -2.40. The van der Waals surface area contributed by atoms with E-state index < -0.39 is 10.0 Å². The van der Waals surface area contributed by atoms with Gasteiger partial charge in [0.1, 0.15) is 4.21 Å². The first-order valence-corrected chi connectivity index (χ1v) is 8.52. The first-order valence-electron chi connectivity index (χ1n) is 5.43. The molecule has 2 rings (SSSR count). The molecule has 0 atom stereocenters. The van der Waals surface area contributed by atoms with Crippen LogP contribution in [0.25, 0.3) is 0 Å². The molecule has 1 saturated carbocycles. The summed E-state index contributed by atoms with van der Waals surface area (Å²) in [6.07, 6.45) is 3.17. The van der Waals surface area contributed by atoms with Gasteiger partial charge in [0, 0.05) is 6.54 Å². The lowest BCUT2D eigenvalue weighted by Crippen LogP contribution is -2.46. The van der Waals surface area contributed by atoms with Gasteiger partial charge in [-0.2, -0.15) is 0 Å². The highest BCUT2D eigenvalue weighted by Crippen LogP contribution is 2.39. The third kappa shape index (κ3) is 2.90. The maximum absolute atomic E-state index is 12.0. The molecule has 4 nitrogen and oxygen atoms in total. The van der Waals surface area contributed by atoms with Crippen LogP contribution in [0.2, 0.25) is 0 Å². The van der Waals surface area contributed by atoms with Gasteiger partial charge in [-0.3, -0.25) is 0 Å². The molecule has 0 aromatic carbocycles. The van der Waals surface area contributed by atoms with Crippen molar-refractivity contribution >= 4 is 37.3 Å². The van der Waals surface area contributed by atoms with E-state index in [4.69, 9.17) is 5.73 Å². The summed E-state index contributed by atoms with van der Waals surface area (Å²) < 4.78 is 27.8. The molecule has 1 aliphatic carbocycles. The van der Waals surface area contributed by atoms with Crippen molar-refractivity contribution in [2.75, 3.05) is 13.1 Å². The Balaban J connectivity index is 2.03. The highest BCUT2D eigenvalue weighted by atomic mass is 79.9. The van der Waals surface area contributed by atoms with Gasteiger partial charge in [0.25, 0.3) is 0 Å². The van der Waals surface area contributed by atoms with Crippen LogP contribution in [0.1, 0.15) is 19.3 Å². The smallest absolute Gasteiger partial charge is 0.250 e. The van der Waals surface area contributed by atoms with Crippen molar-refractivity contribution in [3.63, 3.8) is 0 Å². The van der Waals surface area contributed by atoms with Crippen molar-refractivity contribution in [2.24, 2.45) is 11.1 Å². The molecule has 1 fully saturated rings. The third-order valence-electron chi connectivity index (χ3n) is 3.30. The molecule has 0 saturated heterocycles. The predicted molar refractivity (Wildman–Crippen MR) is 72.5 cm³/mol. The largest absolute Gasteiger partial charge is 0.330 e. The van der Waals surface area contributed by atoms with E-state index >= 15 is 0 Å². The molecular formula is C10H15BrN2O2S2. The van der Waals surface area contributed by atoms with E-state index in [1.807, 2.05) is 0 Å². The molecule has 0 spiro atoms. The fourth-order valence-electron chi connectivity index (χ4n) is 1.89. The zero-order valence-corrected chi connectivity index (χ0v) is 12.5. The fourth-order valence-corrected chi connectivity index (χ4v) is 5.10. The zero-order chi connectivity index (χ0) is 12.5. The topological polar surface area (TPSA) is 72.2 Å². The molecule has 0 bridgehead atoms. The zero-order valence-electron chi connectivity index (χ0n) is 9.28. The van der Waals surface area contributed by atoms with Gasteiger partial charge in [0.2, 0.25) is 10.0 Å². The monoisotopic (exact) mass is 338 g/mol. The van der Waals surface area contributed by atoms with Gasteiger partial charge < -0.3 is 5.73 Å². The van der Waals surface area contributed by atoms with Crippen LogP contribution >= 0.6 is 27.3 Å². The van der Waals surface area contributed by atoms with E-state index in [1.54, 1.807) is 12.1 Å². The van der Waals surface area contributed by atoms with Crippen LogP contribution < -0.4 is 10.5 Å². The minimum absolute atomic E-state index is 0.0123. The Labute approximate surface area is 114 Å². The second-order valence-electron chi connectivity index (χ2n) is 4.44. The molecule has 7 heteroatoms. The molecule has 1 aliphatic rings. The van der Waals surface area contributed by atoms with E-state index in [0.717, 1.165) is 23.0 Å². The summed E-state index contributed by atoms with van der Waals surface area (Å²) in [6, 6.07) is 3.34. The van der Waals surface area contributed by atoms with Crippen LogP contribution in [0.3, 0.4) is 0 Å². The van der Waals surface area contributed by atoms with Crippen molar-refractivity contribution in [3.05, 3.63) is 15.9 Å². The molecule has 0 unspecified atom stereocenters. The van der Waals surface area contributed by atoms with Crippen LogP contribution in [0, 0.1) is 5.41 Å². The average molecular weight is 339 g/mol. The maximum atomic E-state index is 12.0. The Bertz CT molecular complexity index is 489. The van der Waals surface area contributed by atoms with Crippen LogP contribution in [0.15, 0.2) is 20.1 Å². The molecule has 17 heavy (non-hydrogen) atoms. The van der Waals surface area contributed by atoms with E-state index in [2.05, 4.69) is 20.7 Å². The van der Waals surface area contributed by atoms with Gasteiger partial charge in [-0.25, -0.2) is 13.1 Å². The Morgan fingerprint density at radius 3 is 2.59 bits per heavy atom. The standard InChI is InChI=1S/C10H15BrN2O2S2/c11-8-2-3-9(16-8)17(14,15)13-7-10(6-12)4-1-5-10/h2-3,13H,1,4-7,12H2. The minimum atomic E-state index is -3.38. The summed E-state index contributed by atoms with van der Waals surface area (Å²) in [5, 5.41) is 0. The van der Waals surface area contributed by atoms with Gasteiger partial charge in [-0.05, 0) is 52.9 Å². The van der Waals surface area contributed by atoms with Crippen molar-refractivity contribution in [2.45, 2.75) is 23.5 Å². The van der Waals surface area contributed by atoms with Crippen LogP contribution in [-0.2, 0) is 10.0 Å². The number of nitrogens with two attached hydrogens (primary N) is 1. The predicted octanol–water partition coefficient (Wildman–Crippen LogP) is 1.92. The summed E-state index contributed by atoms with van der Waals surface area (Å²) in [7, 11) is -3.38. The Hall–Kier alpha value is 0.0500. The molecular weight excluding hydrogens is 324 g/mol. The van der Waals surface area contributed by atoms with E-state index in [9.17, 15) is 8.42 Å². The van der Waals surface area contributed by atoms with Gasteiger partial charge in [-0.1, -0.05) is 6.42 Å². The highest BCUT2D eigenvalue weighted by Gasteiger charge is 2.36. The quantitative estimate of drug-likeness (QED) is 0.861. The van der Waals surface area contributed by atoms with Crippen molar-refractivity contribution in [3.8, 4) is 0 Å². The first kappa shape index (κ1) is 13.5. The van der Waals surface area contributed by atoms with Crippen LogP contribution in [0.5, 0.6) is 0 Å². The lowest BCUT2D eigenvalue weighted by atomic mass is 9.69. The number of rotatable bonds is 5. The van der Waals surface area contributed by atoms with Crippen molar-refractivity contribution in [1.29, 1.82) is 0 Å². The molecule has 1 aromatic rings. The Morgan fingerprint density at radius 1 is 1.47 bits per heavy atom. The second-order valence-corrected chi connectivity index (χ2v) is 8.90. The molecule has 0 aliphatic heterocycles. The molecule has 0 amide bonds. The number of hydrogen-bond donors (Lipinski definition) is 2. The van der Waals surface area contributed by atoms with E-state index in [-0.39, 0.29) is 5.41 Å². The van der Waals surface area contributed by atoms with Crippen molar-refractivity contribution < 1.29 is 8.42 Å². The number of thiophene rings is 1. The molecule has 0 radical (unpaired) electrons. The molecule has 96 valence electrons.